The molecule has 12 nitrogen and oxygen atoms in total. The Morgan fingerprint density at radius 1 is 1.10 bits per heavy atom. The number of aromatic hydroxyl groups is 1. The van der Waals surface area contributed by atoms with Crippen LogP contribution in [0.5, 0.6) is 5.88 Å². The SMILES string of the molecule is O=C(c1cccc(N=c2cc(Nc3cccc(Cl)c3)nc3/c(=C/c4[nH]c(=O)[nH]c4O)cnn23)c1)N1CCNCC1. The molecule has 4 heterocycles. The Morgan fingerprint density at radius 2 is 1.93 bits per heavy atom. The van der Waals surface area contributed by atoms with Crippen molar-refractivity contribution in [3.8, 4) is 5.88 Å². The molecule has 1 aliphatic rings. The van der Waals surface area contributed by atoms with E-state index >= 15 is 0 Å². The van der Waals surface area contributed by atoms with Crippen molar-refractivity contribution in [1.29, 1.82) is 0 Å². The van der Waals surface area contributed by atoms with Crippen LogP contribution in [0.2, 0.25) is 5.02 Å². The third-order valence-electron chi connectivity index (χ3n) is 6.35. The number of piperazine rings is 1. The number of fused-ring (bicyclic) bond motifs is 1. The first kappa shape index (κ1) is 25.3. The number of imidazole rings is 1. The van der Waals surface area contributed by atoms with Gasteiger partial charge in [0.25, 0.3) is 5.91 Å². The summed E-state index contributed by atoms with van der Waals surface area (Å²) in [6.45, 7) is 2.83. The van der Waals surface area contributed by atoms with Crippen molar-refractivity contribution in [2.45, 2.75) is 0 Å². The molecule has 5 N–H and O–H groups in total. The second-order valence-corrected chi connectivity index (χ2v) is 9.60. The number of nitrogens with one attached hydrogen (secondary N) is 4. The Balaban J connectivity index is 1.47. The van der Waals surface area contributed by atoms with Crippen LogP contribution < -0.4 is 27.0 Å². The Labute approximate surface area is 231 Å². The van der Waals surface area contributed by atoms with Crippen molar-refractivity contribution in [2.24, 2.45) is 4.99 Å². The number of halogens is 1. The molecule has 1 saturated heterocycles. The van der Waals surface area contributed by atoms with Gasteiger partial charge in [0.15, 0.2) is 11.1 Å². The van der Waals surface area contributed by atoms with Crippen molar-refractivity contribution >= 4 is 46.4 Å². The van der Waals surface area contributed by atoms with Crippen LogP contribution in [0.25, 0.3) is 11.7 Å². The molecular formula is C27H24ClN9O3. The van der Waals surface area contributed by atoms with Gasteiger partial charge in [-0.25, -0.2) is 14.8 Å². The third-order valence-corrected chi connectivity index (χ3v) is 6.59. The van der Waals surface area contributed by atoms with Crippen LogP contribution in [0.4, 0.5) is 17.2 Å². The van der Waals surface area contributed by atoms with E-state index in [9.17, 15) is 14.7 Å². The molecule has 2 aromatic carbocycles. The van der Waals surface area contributed by atoms with E-state index in [1.54, 1.807) is 53.2 Å². The average molecular weight is 558 g/mol. The van der Waals surface area contributed by atoms with Crippen LogP contribution in [-0.4, -0.2) is 66.7 Å². The average Bonchev–Trinajstić information content (AvgIpc) is 3.50. The summed E-state index contributed by atoms with van der Waals surface area (Å²) in [5, 5.41) is 22.1. The lowest BCUT2D eigenvalue weighted by Gasteiger charge is -2.27. The van der Waals surface area contributed by atoms with Crippen molar-refractivity contribution in [3.63, 3.8) is 0 Å². The number of aromatic nitrogens is 5. The number of carbonyl (C=O) groups is 1. The Bertz CT molecular complexity index is 1900. The Hall–Kier alpha value is -4.94. The van der Waals surface area contributed by atoms with Crippen LogP contribution in [0.15, 0.2) is 70.6 Å². The molecule has 0 atom stereocenters. The van der Waals surface area contributed by atoms with Gasteiger partial charge in [0.2, 0.25) is 5.88 Å². The fourth-order valence-corrected chi connectivity index (χ4v) is 4.65. The fourth-order valence-electron chi connectivity index (χ4n) is 4.46. The first-order valence-electron chi connectivity index (χ1n) is 12.5. The predicted molar refractivity (Wildman–Crippen MR) is 150 cm³/mol. The normalized spacial score (nSPS) is 14.7. The first-order valence-corrected chi connectivity index (χ1v) is 12.9. The van der Waals surface area contributed by atoms with Gasteiger partial charge >= 0.3 is 5.69 Å². The molecule has 3 aromatic heterocycles. The number of nitrogens with zero attached hydrogens (tertiary/aromatic N) is 5. The van der Waals surface area contributed by atoms with Crippen LogP contribution in [0.3, 0.4) is 0 Å². The van der Waals surface area contributed by atoms with Crippen LogP contribution >= 0.6 is 11.6 Å². The molecule has 6 rings (SSSR count). The molecule has 1 fully saturated rings. The largest absolute Gasteiger partial charge is 0.493 e. The lowest BCUT2D eigenvalue weighted by molar-refractivity contribution is 0.0736. The zero-order valence-electron chi connectivity index (χ0n) is 21.1. The molecule has 5 aromatic rings. The second kappa shape index (κ2) is 10.7. The Morgan fingerprint density at radius 3 is 2.70 bits per heavy atom. The van der Waals surface area contributed by atoms with E-state index in [0.29, 0.717) is 51.5 Å². The molecular weight excluding hydrogens is 534 g/mol. The van der Waals surface area contributed by atoms with Gasteiger partial charge in [-0.3, -0.25) is 9.78 Å². The monoisotopic (exact) mass is 557 g/mol. The zero-order valence-corrected chi connectivity index (χ0v) is 21.8. The maximum absolute atomic E-state index is 13.1. The van der Waals surface area contributed by atoms with Gasteiger partial charge in [-0.1, -0.05) is 23.7 Å². The number of carbonyl (C=O) groups excluding carboxylic acids is 1. The van der Waals surface area contributed by atoms with Crippen LogP contribution in [-0.2, 0) is 0 Å². The van der Waals surface area contributed by atoms with Gasteiger partial charge in [0.05, 0.1) is 11.9 Å². The van der Waals surface area contributed by atoms with Crippen molar-refractivity contribution < 1.29 is 9.90 Å². The van der Waals surface area contributed by atoms with E-state index in [1.807, 2.05) is 23.1 Å². The van der Waals surface area contributed by atoms with Crippen molar-refractivity contribution in [2.75, 3.05) is 31.5 Å². The molecule has 13 heteroatoms. The van der Waals surface area contributed by atoms with Gasteiger partial charge < -0.3 is 25.6 Å². The summed E-state index contributed by atoms with van der Waals surface area (Å²) in [6, 6.07) is 16.1. The number of anilines is 2. The Kier molecular flexibility index (Phi) is 6.76. The highest BCUT2D eigenvalue weighted by Gasteiger charge is 2.18. The molecule has 1 amide bonds. The molecule has 0 saturated carbocycles. The summed E-state index contributed by atoms with van der Waals surface area (Å²) >= 11 is 6.17. The van der Waals surface area contributed by atoms with Crippen molar-refractivity contribution in [3.05, 3.63) is 98.3 Å². The molecule has 0 bridgehead atoms. The summed E-state index contributed by atoms with van der Waals surface area (Å²) in [5.41, 5.74) is 2.34. The number of amides is 1. The van der Waals surface area contributed by atoms with E-state index in [1.165, 1.54) is 0 Å². The van der Waals surface area contributed by atoms with Crippen LogP contribution in [0, 0.1) is 0 Å². The summed E-state index contributed by atoms with van der Waals surface area (Å²) < 4.78 is 1.54. The summed E-state index contributed by atoms with van der Waals surface area (Å²) in [5.74, 6) is 0.120. The van der Waals surface area contributed by atoms with Crippen LogP contribution in [0.1, 0.15) is 16.1 Å². The van der Waals surface area contributed by atoms with Gasteiger partial charge in [-0.15, -0.1) is 0 Å². The highest BCUT2D eigenvalue weighted by Crippen LogP contribution is 2.19. The minimum absolute atomic E-state index is 0.0435. The number of benzene rings is 2. The smallest absolute Gasteiger partial charge is 0.326 e. The fraction of sp³-hybridized carbons (Fsp3) is 0.148. The zero-order chi connectivity index (χ0) is 27.6. The lowest BCUT2D eigenvalue weighted by Crippen LogP contribution is -2.46. The highest BCUT2D eigenvalue weighted by atomic mass is 35.5. The van der Waals surface area contributed by atoms with E-state index in [-0.39, 0.29) is 17.5 Å². The van der Waals surface area contributed by atoms with E-state index < -0.39 is 5.69 Å². The number of aromatic amines is 2. The molecule has 202 valence electrons. The molecule has 0 spiro atoms. The van der Waals surface area contributed by atoms with Gasteiger partial charge in [0.1, 0.15) is 11.5 Å². The van der Waals surface area contributed by atoms with Gasteiger partial charge in [-0.05, 0) is 42.5 Å². The standard InChI is InChI=1S/C27H24ClN9O3/c28-18-4-2-6-20(13-18)31-22-14-23(32-19-5-1-3-16(11-19)26(39)36-9-7-29-8-10-36)37-24(34-22)17(15-30-37)12-21-25(38)35-27(40)33-21/h1-6,11-15,29,31,38H,7-10H2,(H2,33,35,40)/b17-12+,32-23?. The highest BCUT2D eigenvalue weighted by molar-refractivity contribution is 6.30. The number of hydrogen-bond donors (Lipinski definition) is 5. The lowest BCUT2D eigenvalue weighted by atomic mass is 10.1. The maximum Gasteiger partial charge on any atom is 0.326 e. The molecule has 40 heavy (non-hydrogen) atoms. The van der Waals surface area contributed by atoms with E-state index in [0.717, 1.165) is 18.8 Å². The van der Waals surface area contributed by atoms with Gasteiger partial charge in [-0.2, -0.15) is 9.61 Å². The maximum atomic E-state index is 13.1. The number of rotatable bonds is 5. The van der Waals surface area contributed by atoms with E-state index in [4.69, 9.17) is 21.6 Å². The molecule has 0 unspecified atom stereocenters. The van der Waals surface area contributed by atoms with Gasteiger partial charge in [0, 0.05) is 53.7 Å². The predicted octanol–water partition coefficient (Wildman–Crippen LogP) is 1.67. The second-order valence-electron chi connectivity index (χ2n) is 9.16. The summed E-state index contributed by atoms with van der Waals surface area (Å²) in [7, 11) is 0. The first-order chi connectivity index (χ1) is 19.4. The molecule has 0 radical (unpaired) electrons. The number of H-pyrrole nitrogens is 2. The van der Waals surface area contributed by atoms with E-state index in [2.05, 4.69) is 25.7 Å². The number of hydrogen-bond acceptors (Lipinski definition) is 8. The summed E-state index contributed by atoms with van der Waals surface area (Å²) in [6.07, 6.45) is 3.11. The van der Waals surface area contributed by atoms with Crippen molar-refractivity contribution in [1.82, 2.24) is 34.8 Å². The molecule has 0 aliphatic carbocycles. The summed E-state index contributed by atoms with van der Waals surface area (Å²) in [4.78, 5) is 40.8. The minimum Gasteiger partial charge on any atom is -0.493 e. The quantitative estimate of drug-likeness (QED) is 0.220. The molecule has 1 aliphatic heterocycles. The third kappa shape index (κ3) is 5.30. The topological polar surface area (TPSA) is 156 Å². The minimum atomic E-state index is -0.539.